The van der Waals surface area contributed by atoms with Crippen LogP contribution in [0.15, 0.2) is 42.6 Å². The van der Waals surface area contributed by atoms with Gasteiger partial charge in [0.15, 0.2) is 0 Å². The molecule has 0 spiro atoms. The van der Waals surface area contributed by atoms with Crippen LogP contribution in [0.2, 0.25) is 5.02 Å². The number of aryl methyl sites for hydroxylation is 1. The zero-order valence-electron chi connectivity index (χ0n) is 13.4. The Morgan fingerprint density at radius 2 is 1.96 bits per heavy atom. The summed E-state index contributed by atoms with van der Waals surface area (Å²) in [4.78, 5) is 8.24. The van der Waals surface area contributed by atoms with Crippen LogP contribution in [0.3, 0.4) is 0 Å². The Balaban J connectivity index is 1.90. The van der Waals surface area contributed by atoms with Gasteiger partial charge in [0.1, 0.15) is 0 Å². The number of H-pyrrole nitrogens is 1. The van der Waals surface area contributed by atoms with E-state index in [4.69, 9.17) is 16.6 Å². The van der Waals surface area contributed by atoms with Gasteiger partial charge >= 0.3 is 0 Å². The van der Waals surface area contributed by atoms with Crippen molar-refractivity contribution in [2.45, 2.75) is 19.8 Å². The second-order valence-electron chi connectivity index (χ2n) is 6.33. The number of hydrogen-bond acceptors (Lipinski definition) is 1. The summed E-state index contributed by atoms with van der Waals surface area (Å²) < 4.78 is 2.07. The Morgan fingerprint density at radius 1 is 1.13 bits per heavy atom. The van der Waals surface area contributed by atoms with Gasteiger partial charge in [-0.05, 0) is 42.3 Å². The molecule has 3 nitrogen and oxygen atoms in total. The third-order valence-corrected chi connectivity index (χ3v) is 4.68. The fourth-order valence-electron chi connectivity index (χ4n) is 2.98. The molecule has 0 aliphatic heterocycles. The summed E-state index contributed by atoms with van der Waals surface area (Å²) in [5.41, 5.74) is 6.28. The minimum Gasteiger partial charge on any atom is -0.358 e. The molecule has 0 unspecified atom stereocenters. The van der Waals surface area contributed by atoms with Gasteiger partial charge in [0.05, 0.1) is 21.7 Å². The maximum absolute atomic E-state index is 6.52. The van der Waals surface area contributed by atoms with E-state index in [1.54, 1.807) is 0 Å². The lowest BCUT2D eigenvalue weighted by Crippen LogP contribution is -1.88. The van der Waals surface area contributed by atoms with E-state index in [0.717, 1.165) is 38.2 Å². The van der Waals surface area contributed by atoms with E-state index >= 15 is 0 Å². The zero-order valence-corrected chi connectivity index (χ0v) is 14.1. The summed E-state index contributed by atoms with van der Waals surface area (Å²) >= 11 is 6.52. The molecule has 0 amide bonds. The first-order valence-electron chi connectivity index (χ1n) is 7.77. The molecule has 0 atom stereocenters. The Labute approximate surface area is 139 Å². The number of rotatable bonds is 2. The van der Waals surface area contributed by atoms with Crippen LogP contribution in [0.1, 0.15) is 25.5 Å². The van der Waals surface area contributed by atoms with Crippen molar-refractivity contribution in [1.29, 1.82) is 0 Å². The molecule has 3 heterocycles. The van der Waals surface area contributed by atoms with Crippen LogP contribution < -0.4 is 0 Å². The van der Waals surface area contributed by atoms with Gasteiger partial charge in [-0.1, -0.05) is 25.4 Å². The molecule has 1 N–H and O–H groups in total. The molecule has 0 radical (unpaired) electrons. The van der Waals surface area contributed by atoms with Crippen molar-refractivity contribution >= 4 is 33.5 Å². The number of aromatic nitrogens is 3. The van der Waals surface area contributed by atoms with Crippen LogP contribution in [0.4, 0.5) is 0 Å². The molecule has 0 saturated heterocycles. The SMILES string of the molecule is CC(C)c1cc2cc(Cl)c(-c3ccc4c(ccn4C)n3)cc2[nH]1. The molecule has 4 aromatic rings. The molecule has 4 rings (SSSR count). The highest BCUT2D eigenvalue weighted by Crippen LogP contribution is 2.33. The average Bonchev–Trinajstić information content (AvgIpc) is 3.10. The van der Waals surface area contributed by atoms with E-state index in [1.807, 2.05) is 31.4 Å². The maximum Gasteiger partial charge on any atom is 0.0888 e. The monoisotopic (exact) mass is 323 g/mol. The largest absolute Gasteiger partial charge is 0.358 e. The first-order chi connectivity index (χ1) is 11.0. The van der Waals surface area contributed by atoms with Crippen LogP contribution in [0.25, 0.3) is 33.2 Å². The van der Waals surface area contributed by atoms with Crippen LogP contribution in [0.5, 0.6) is 0 Å². The van der Waals surface area contributed by atoms with E-state index in [2.05, 4.69) is 41.6 Å². The third kappa shape index (κ3) is 2.32. The van der Waals surface area contributed by atoms with E-state index in [0.29, 0.717) is 5.92 Å². The minimum absolute atomic E-state index is 0.461. The summed E-state index contributed by atoms with van der Waals surface area (Å²) in [6.07, 6.45) is 2.02. The molecule has 0 aliphatic rings. The number of fused-ring (bicyclic) bond motifs is 2. The van der Waals surface area contributed by atoms with Gasteiger partial charge in [0.2, 0.25) is 0 Å². The number of pyridine rings is 1. The summed E-state index contributed by atoms with van der Waals surface area (Å²) in [5.74, 6) is 0.461. The van der Waals surface area contributed by atoms with Gasteiger partial charge in [-0.25, -0.2) is 4.98 Å². The van der Waals surface area contributed by atoms with Crippen LogP contribution in [0, 0.1) is 0 Å². The van der Waals surface area contributed by atoms with E-state index < -0.39 is 0 Å². The Hall–Kier alpha value is -2.26. The molecular weight excluding hydrogens is 306 g/mol. The van der Waals surface area contributed by atoms with Gasteiger partial charge in [-0.3, -0.25) is 0 Å². The number of aromatic amines is 1. The lowest BCUT2D eigenvalue weighted by atomic mass is 10.1. The van der Waals surface area contributed by atoms with Crippen molar-refractivity contribution in [1.82, 2.24) is 14.5 Å². The van der Waals surface area contributed by atoms with Crippen molar-refractivity contribution in [3.05, 3.63) is 53.3 Å². The van der Waals surface area contributed by atoms with E-state index in [9.17, 15) is 0 Å². The second kappa shape index (κ2) is 5.14. The van der Waals surface area contributed by atoms with Gasteiger partial charge in [0, 0.05) is 35.4 Å². The third-order valence-electron chi connectivity index (χ3n) is 4.37. The molecule has 1 aromatic carbocycles. The second-order valence-corrected chi connectivity index (χ2v) is 6.73. The molecule has 0 aliphatic carbocycles. The lowest BCUT2D eigenvalue weighted by molar-refractivity contribution is 0.836. The van der Waals surface area contributed by atoms with Gasteiger partial charge in [0.25, 0.3) is 0 Å². The summed E-state index contributed by atoms with van der Waals surface area (Å²) in [7, 11) is 2.02. The van der Waals surface area contributed by atoms with Gasteiger partial charge < -0.3 is 9.55 Å². The highest BCUT2D eigenvalue weighted by Gasteiger charge is 2.11. The molecule has 0 bridgehead atoms. The molecule has 4 heteroatoms. The molecule has 23 heavy (non-hydrogen) atoms. The number of nitrogens with one attached hydrogen (secondary N) is 1. The van der Waals surface area contributed by atoms with Crippen molar-refractivity contribution in [3.8, 4) is 11.3 Å². The Morgan fingerprint density at radius 3 is 2.74 bits per heavy atom. The molecule has 0 saturated carbocycles. The topological polar surface area (TPSA) is 33.6 Å². The number of hydrogen-bond donors (Lipinski definition) is 1. The first-order valence-corrected chi connectivity index (χ1v) is 8.15. The van der Waals surface area contributed by atoms with Crippen LogP contribution >= 0.6 is 11.6 Å². The van der Waals surface area contributed by atoms with Gasteiger partial charge in [-0.2, -0.15) is 0 Å². The summed E-state index contributed by atoms with van der Waals surface area (Å²) in [6.45, 7) is 4.36. The number of nitrogens with zero attached hydrogens (tertiary/aromatic N) is 2. The van der Waals surface area contributed by atoms with Crippen molar-refractivity contribution in [2.75, 3.05) is 0 Å². The first kappa shape index (κ1) is 14.3. The fourth-order valence-corrected chi connectivity index (χ4v) is 3.25. The Kier molecular flexibility index (Phi) is 3.20. The Bertz CT molecular complexity index is 1020. The van der Waals surface area contributed by atoms with E-state index in [1.165, 1.54) is 5.69 Å². The van der Waals surface area contributed by atoms with Crippen LogP contribution in [-0.4, -0.2) is 14.5 Å². The predicted molar refractivity (Wildman–Crippen MR) is 97.1 cm³/mol. The van der Waals surface area contributed by atoms with Crippen LogP contribution in [-0.2, 0) is 7.05 Å². The fraction of sp³-hybridized carbons (Fsp3) is 0.211. The molecule has 3 aromatic heterocycles. The predicted octanol–water partition coefficient (Wildman–Crippen LogP) is 5.50. The van der Waals surface area contributed by atoms with Crippen molar-refractivity contribution < 1.29 is 0 Å². The quantitative estimate of drug-likeness (QED) is 0.519. The normalized spacial score (nSPS) is 11.9. The maximum atomic E-state index is 6.52. The van der Waals surface area contributed by atoms with Gasteiger partial charge in [-0.15, -0.1) is 0 Å². The number of benzene rings is 1. The molecule has 116 valence electrons. The summed E-state index contributed by atoms with van der Waals surface area (Å²) in [6, 6.07) is 12.4. The molecule has 0 fully saturated rings. The highest BCUT2D eigenvalue weighted by molar-refractivity contribution is 6.34. The minimum atomic E-state index is 0.461. The number of halogens is 1. The van der Waals surface area contributed by atoms with Crippen molar-refractivity contribution in [2.24, 2.45) is 7.05 Å². The lowest BCUT2D eigenvalue weighted by Gasteiger charge is -2.05. The summed E-state index contributed by atoms with van der Waals surface area (Å²) in [5, 5.41) is 1.87. The zero-order chi connectivity index (χ0) is 16.1. The van der Waals surface area contributed by atoms with E-state index in [-0.39, 0.29) is 0 Å². The van der Waals surface area contributed by atoms with Crippen molar-refractivity contribution in [3.63, 3.8) is 0 Å². The molecular formula is C19H18ClN3. The highest BCUT2D eigenvalue weighted by atomic mass is 35.5. The standard InChI is InChI=1S/C19H18ClN3/c1-11(2)17-9-12-8-14(20)13(10-18(12)22-17)15-4-5-19-16(21-15)6-7-23(19)3/h4-11,22H,1-3H3. The smallest absolute Gasteiger partial charge is 0.0888 e. The average molecular weight is 324 g/mol.